The Kier molecular flexibility index (Phi) is 6.25. The molecule has 1 saturated heterocycles. The lowest BCUT2D eigenvalue weighted by molar-refractivity contribution is -0.137. The molecule has 1 unspecified atom stereocenters. The third-order valence-corrected chi connectivity index (χ3v) is 6.63. The summed E-state index contributed by atoms with van der Waals surface area (Å²) in [4.78, 5) is 43.2. The quantitative estimate of drug-likeness (QED) is 0.651. The largest absolute Gasteiger partial charge is 0.418 e. The number of fused-ring (bicyclic) bond motifs is 3. The number of anilines is 3. The molecule has 1 N–H and O–H groups in total. The van der Waals surface area contributed by atoms with Crippen LogP contribution in [-0.4, -0.2) is 48.9 Å². The fraction of sp³-hybridized carbons (Fsp3) is 0.400. The van der Waals surface area contributed by atoms with Crippen molar-refractivity contribution in [3.63, 3.8) is 0 Å². The van der Waals surface area contributed by atoms with E-state index >= 15 is 0 Å². The second-order valence-electron chi connectivity index (χ2n) is 9.19. The Hall–Kier alpha value is -3.56. The van der Waals surface area contributed by atoms with Gasteiger partial charge in [0.1, 0.15) is 5.66 Å². The van der Waals surface area contributed by atoms with Crippen molar-refractivity contribution in [2.45, 2.75) is 44.4 Å². The maximum absolute atomic E-state index is 13.6. The summed E-state index contributed by atoms with van der Waals surface area (Å²) in [7, 11) is 3.27. The average molecular weight is 489 g/mol. The Bertz CT molecular complexity index is 1180. The Morgan fingerprint density at radius 2 is 1.86 bits per heavy atom. The maximum atomic E-state index is 13.6. The monoisotopic (exact) mass is 488 g/mol. The molecule has 1 fully saturated rings. The van der Waals surface area contributed by atoms with Crippen LogP contribution >= 0.6 is 0 Å². The van der Waals surface area contributed by atoms with E-state index in [0.29, 0.717) is 29.8 Å². The molecule has 2 heterocycles. The maximum Gasteiger partial charge on any atom is 0.418 e. The Labute approximate surface area is 201 Å². The summed E-state index contributed by atoms with van der Waals surface area (Å²) in [6.45, 7) is 2.01. The van der Waals surface area contributed by atoms with Crippen LogP contribution in [0.4, 0.5) is 30.2 Å². The lowest BCUT2D eigenvalue weighted by Crippen LogP contribution is -2.62. The molecule has 7 nitrogen and oxygen atoms in total. The third-order valence-electron chi connectivity index (χ3n) is 6.63. The number of carbonyl (C=O) groups excluding carboxylic acids is 3. The number of nitrogens with one attached hydrogen (secondary N) is 1. The summed E-state index contributed by atoms with van der Waals surface area (Å²) in [6.07, 6.45) is -3.71. The molecule has 2 aliphatic rings. The highest BCUT2D eigenvalue weighted by Gasteiger charge is 2.52. The molecule has 0 spiro atoms. The molecule has 1 atom stereocenters. The Morgan fingerprint density at radius 1 is 1.14 bits per heavy atom. The minimum absolute atomic E-state index is 0.0731. The van der Waals surface area contributed by atoms with Gasteiger partial charge >= 0.3 is 6.18 Å². The first-order valence-electron chi connectivity index (χ1n) is 11.4. The van der Waals surface area contributed by atoms with Gasteiger partial charge in [-0.15, -0.1) is 0 Å². The highest BCUT2D eigenvalue weighted by molar-refractivity contribution is 6.10. The van der Waals surface area contributed by atoms with Gasteiger partial charge in [0.15, 0.2) is 0 Å². The molecule has 10 heteroatoms. The van der Waals surface area contributed by atoms with E-state index in [-0.39, 0.29) is 36.9 Å². The first-order chi connectivity index (χ1) is 16.4. The molecule has 0 aliphatic carbocycles. The van der Waals surface area contributed by atoms with Gasteiger partial charge < -0.3 is 15.1 Å². The summed E-state index contributed by atoms with van der Waals surface area (Å²) < 4.78 is 40.7. The molecule has 2 aromatic carbocycles. The first kappa shape index (κ1) is 24.6. The van der Waals surface area contributed by atoms with Crippen LogP contribution in [0.1, 0.15) is 48.5 Å². The highest BCUT2D eigenvalue weighted by atomic mass is 19.4. The molecule has 0 aromatic heterocycles. The van der Waals surface area contributed by atoms with Crippen LogP contribution in [0.15, 0.2) is 42.5 Å². The summed E-state index contributed by atoms with van der Waals surface area (Å²) in [5.41, 5.74) is -0.714. The average Bonchev–Trinajstić information content (AvgIpc) is 3.10. The molecule has 0 saturated carbocycles. The predicted molar refractivity (Wildman–Crippen MR) is 126 cm³/mol. The number of alkyl halides is 3. The number of carbonyl (C=O) groups is 3. The lowest BCUT2D eigenvalue weighted by atomic mass is 9.98. The molecular formula is C25H27F3N4O3. The smallest absolute Gasteiger partial charge is 0.378 e. The van der Waals surface area contributed by atoms with Gasteiger partial charge in [-0.3, -0.25) is 19.3 Å². The minimum atomic E-state index is -4.63. The van der Waals surface area contributed by atoms with E-state index in [1.165, 1.54) is 12.1 Å². The second-order valence-corrected chi connectivity index (χ2v) is 9.19. The van der Waals surface area contributed by atoms with Crippen molar-refractivity contribution in [2.75, 3.05) is 35.8 Å². The van der Waals surface area contributed by atoms with Crippen LogP contribution < -0.4 is 15.1 Å². The first-order valence-corrected chi connectivity index (χ1v) is 11.4. The Morgan fingerprint density at radius 3 is 2.54 bits per heavy atom. The van der Waals surface area contributed by atoms with Gasteiger partial charge in [-0.05, 0) is 50.1 Å². The van der Waals surface area contributed by atoms with Crippen LogP contribution in [0.5, 0.6) is 0 Å². The summed E-state index contributed by atoms with van der Waals surface area (Å²) in [6, 6.07) is 10.7. The highest BCUT2D eigenvalue weighted by Crippen LogP contribution is 2.44. The van der Waals surface area contributed by atoms with Crippen molar-refractivity contribution in [1.29, 1.82) is 0 Å². The molecule has 3 amide bonds. The minimum Gasteiger partial charge on any atom is -0.378 e. The lowest BCUT2D eigenvalue weighted by Gasteiger charge is -2.48. The van der Waals surface area contributed by atoms with E-state index in [9.17, 15) is 27.6 Å². The molecule has 0 bridgehead atoms. The van der Waals surface area contributed by atoms with Gasteiger partial charge in [-0.25, -0.2) is 0 Å². The summed E-state index contributed by atoms with van der Waals surface area (Å²) in [5.74, 6) is -0.883. The van der Waals surface area contributed by atoms with Gasteiger partial charge in [-0.1, -0.05) is 12.1 Å². The van der Waals surface area contributed by atoms with E-state index in [0.717, 1.165) is 6.07 Å². The molecular weight excluding hydrogens is 461 g/mol. The van der Waals surface area contributed by atoms with Crippen molar-refractivity contribution in [1.82, 2.24) is 4.90 Å². The van der Waals surface area contributed by atoms with Gasteiger partial charge in [0.25, 0.3) is 5.91 Å². The van der Waals surface area contributed by atoms with Crippen LogP contribution in [0.3, 0.4) is 0 Å². The van der Waals surface area contributed by atoms with E-state index in [2.05, 4.69) is 5.32 Å². The number of halogens is 3. The van der Waals surface area contributed by atoms with Gasteiger partial charge in [-0.2, -0.15) is 13.2 Å². The summed E-state index contributed by atoms with van der Waals surface area (Å²) in [5, 5.41) is 2.37. The molecule has 2 aromatic rings. The third kappa shape index (κ3) is 4.44. The zero-order valence-electron chi connectivity index (χ0n) is 19.8. The Balaban J connectivity index is 1.47. The van der Waals surface area contributed by atoms with Crippen molar-refractivity contribution in [3.05, 3.63) is 53.6 Å². The van der Waals surface area contributed by atoms with Crippen molar-refractivity contribution >= 4 is 34.8 Å². The molecule has 2 aliphatic heterocycles. The van der Waals surface area contributed by atoms with Gasteiger partial charge in [0.2, 0.25) is 11.8 Å². The van der Waals surface area contributed by atoms with Crippen molar-refractivity contribution < 1.29 is 27.6 Å². The summed E-state index contributed by atoms with van der Waals surface area (Å²) >= 11 is 0. The molecule has 4 rings (SSSR count). The SMILES string of the molecule is CN(C)c1ccc(NC(=O)CCCN2C(=O)c3ccccc3N3C(=O)CCC23C)c(C(F)(F)F)c1. The van der Waals surface area contributed by atoms with Crippen molar-refractivity contribution in [2.24, 2.45) is 0 Å². The number of rotatable bonds is 6. The van der Waals surface area contributed by atoms with Gasteiger partial charge in [0.05, 0.1) is 22.5 Å². The fourth-order valence-corrected chi connectivity index (χ4v) is 4.81. The van der Waals surface area contributed by atoms with Crippen LogP contribution in [0.25, 0.3) is 0 Å². The topological polar surface area (TPSA) is 73.0 Å². The van der Waals surface area contributed by atoms with E-state index in [4.69, 9.17) is 0 Å². The van der Waals surface area contributed by atoms with Crippen LogP contribution in [-0.2, 0) is 15.8 Å². The van der Waals surface area contributed by atoms with E-state index in [1.807, 2.05) is 6.92 Å². The number of para-hydroxylation sites is 1. The number of hydrogen-bond acceptors (Lipinski definition) is 4. The zero-order valence-corrected chi connectivity index (χ0v) is 19.8. The standard InChI is InChI=1S/C25H27F3N4O3/c1-24-13-12-22(34)32(24)20-8-5-4-7-17(20)23(35)31(24)14-6-9-21(33)29-19-11-10-16(30(2)3)15-18(19)25(26,27)28/h4-5,7-8,10-11,15H,6,9,12-14H2,1-3H3,(H,29,33). The number of nitrogens with zero attached hydrogens (tertiary/aromatic N) is 3. The number of hydrogen-bond donors (Lipinski definition) is 1. The fourth-order valence-electron chi connectivity index (χ4n) is 4.81. The van der Waals surface area contributed by atoms with Crippen molar-refractivity contribution in [3.8, 4) is 0 Å². The second kappa shape index (κ2) is 8.90. The van der Waals surface area contributed by atoms with E-state index < -0.39 is 23.3 Å². The van der Waals surface area contributed by atoms with Crippen LogP contribution in [0, 0.1) is 0 Å². The van der Waals surface area contributed by atoms with Crippen LogP contribution in [0.2, 0.25) is 0 Å². The number of benzene rings is 2. The number of amides is 3. The predicted octanol–water partition coefficient (Wildman–Crippen LogP) is 4.49. The molecule has 35 heavy (non-hydrogen) atoms. The molecule has 0 radical (unpaired) electrons. The van der Waals surface area contributed by atoms with E-state index in [1.54, 1.807) is 53.1 Å². The normalized spacial score (nSPS) is 19.5. The molecule has 186 valence electrons. The zero-order chi connectivity index (χ0) is 25.5. The van der Waals surface area contributed by atoms with Gasteiger partial charge in [0, 0.05) is 39.2 Å².